The number of rotatable bonds is 7. The van der Waals surface area contributed by atoms with Crippen molar-refractivity contribution in [1.29, 1.82) is 0 Å². The summed E-state index contributed by atoms with van der Waals surface area (Å²) in [6.45, 7) is 5.69. The third kappa shape index (κ3) is 7.16. The molecule has 11 heteroatoms. The molecule has 1 saturated heterocycles. The van der Waals surface area contributed by atoms with Crippen LogP contribution in [0.3, 0.4) is 0 Å². The molecule has 1 heterocycles. The number of guanidine groups is 1. The first-order valence-corrected chi connectivity index (χ1v) is 11.1. The van der Waals surface area contributed by atoms with Gasteiger partial charge in [-0.15, -0.1) is 0 Å². The van der Waals surface area contributed by atoms with Crippen molar-refractivity contribution in [1.82, 2.24) is 14.9 Å². The second-order valence-electron chi connectivity index (χ2n) is 6.46. The molecular weight excluding hydrogens is 409 g/mol. The van der Waals surface area contributed by atoms with Gasteiger partial charge in [0.25, 0.3) is 0 Å². The van der Waals surface area contributed by atoms with Crippen molar-refractivity contribution in [2.75, 3.05) is 45.1 Å². The van der Waals surface area contributed by atoms with E-state index in [9.17, 15) is 21.6 Å². The van der Waals surface area contributed by atoms with Crippen LogP contribution in [-0.2, 0) is 20.9 Å². The highest BCUT2D eigenvalue weighted by Crippen LogP contribution is 2.32. The molecule has 1 aliphatic heterocycles. The van der Waals surface area contributed by atoms with Crippen LogP contribution in [0.25, 0.3) is 0 Å². The van der Waals surface area contributed by atoms with Gasteiger partial charge in [0.15, 0.2) is 5.96 Å². The smallest absolute Gasteiger partial charge is 0.370 e. The summed E-state index contributed by atoms with van der Waals surface area (Å²) < 4.78 is 70.1. The lowest BCUT2D eigenvalue weighted by molar-refractivity contribution is -0.137. The van der Waals surface area contributed by atoms with Crippen LogP contribution in [0, 0.1) is 0 Å². The molecule has 2 rings (SSSR count). The Kier molecular flexibility index (Phi) is 8.29. The van der Waals surface area contributed by atoms with E-state index in [1.807, 2.05) is 11.8 Å². The van der Waals surface area contributed by atoms with E-state index in [1.165, 1.54) is 6.07 Å². The topological polar surface area (TPSA) is 83.0 Å². The van der Waals surface area contributed by atoms with E-state index in [2.05, 4.69) is 15.0 Å². The van der Waals surface area contributed by atoms with Crippen molar-refractivity contribution in [3.05, 3.63) is 35.4 Å². The predicted octanol–water partition coefficient (Wildman–Crippen LogP) is 1.98. The molecule has 1 atom stereocenters. The second-order valence-corrected chi connectivity index (χ2v) is 8.56. The Morgan fingerprint density at radius 2 is 2.10 bits per heavy atom. The quantitative estimate of drug-likeness (QED) is 0.388. The lowest BCUT2D eigenvalue weighted by atomic mass is 10.0. The first-order valence-electron chi connectivity index (χ1n) is 9.45. The fourth-order valence-corrected chi connectivity index (χ4v) is 3.46. The summed E-state index contributed by atoms with van der Waals surface area (Å²) in [4.78, 5) is 6.34. The number of nitrogens with one attached hydrogen (secondary N) is 2. The van der Waals surface area contributed by atoms with Gasteiger partial charge in [-0.2, -0.15) is 13.2 Å². The molecule has 1 aromatic carbocycles. The third-order valence-corrected chi connectivity index (χ3v) is 5.77. The number of morpholine rings is 1. The minimum absolute atomic E-state index is 0.00108. The molecule has 1 aliphatic rings. The lowest BCUT2D eigenvalue weighted by Gasteiger charge is -2.35. The molecule has 164 valence electrons. The van der Waals surface area contributed by atoms with Gasteiger partial charge in [0.05, 0.1) is 31.0 Å². The molecule has 0 spiro atoms. The van der Waals surface area contributed by atoms with Crippen molar-refractivity contribution in [2.45, 2.75) is 26.1 Å². The molecule has 1 fully saturated rings. The molecular formula is C18H27F3N4O3S. The molecule has 1 unspecified atom stereocenters. The Balaban J connectivity index is 2.07. The summed E-state index contributed by atoms with van der Waals surface area (Å²) in [7, 11) is -3.28. The Hall–Kier alpha value is -1.85. The molecule has 7 nitrogen and oxygen atoms in total. The summed E-state index contributed by atoms with van der Waals surface area (Å²) in [5.74, 6) is 0.572. The van der Waals surface area contributed by atoms with Gasteiger partial charge in [-0.1, -0.05) is 12.1 Å². The molecule has 0 amide bonds. The van der Waals surface area contributed by atoms with Gasteiger partial charge in [0, 0.05) is 19.6 Å². The zero-order valence-electron chi connectivity index (χ0n) is 16.5. The SMILES string of the molecule is CCNC(=NCCNS(=O)(=O)CC)N1CCOC(c2cccc(C(F)(F)F)c2)C1. The maximum atomic E-state index is 13.0. The molecule has 2 N–H and O–H groups in total. The number of hydrogen-bond acceptors (Lipinski definition) is 4. The largest absolute Gasteiger partial charge is 0.416 e. The molecule has 0 bridgehead atoms. The van der Waals surface area contributed by atoms with Crippen molar-refractivity contribution in [2.24, 2.45) is 4.99 Å². The van der Waals surface area contributed by atoms with Crippen molar-refractivity contribution in [3.63, 3.8) is 0 Å². The summed E-state index contributed by atoms with van der Waals surface area (Å²) >= 11 is 0. The van der Waals surface area contributed by atoms with E-state index in [0.717, 1.165) is 12.1 Å². The van der Waals surface area contributed by atoms with Gasteiger partial charge in [-0.3, -0.25) is 4.99 Å². The van der Waals surface area contributed by atoms with Crippen LogP contribution in [0.1, 0.15) is 31.1 Å². The maximum absolute atomic E-state index is 13.0. The van der Waals surface area contributed by atoms with Gasteiger partial charge >= 0.3 is 6.18 Å². The van der Waals surface area contributed by atoms with Crippen LogP contribution in [0.5, 0.6) is 0 Å². The van der Waals surface area contributed by atoms with Gasteiger partial charge < -0.3 is 15.0 Å². The molecule has 1 aromatic rings. The third-order valence-electron chi connectivity index (χ3n) is 4.36. The highest BCUT2D eigenvalue weighted by atomic mass is 32.2. The number of alkyl halides is 3. The van der Waals surface area contributed by atoms with Crippen LogP contribution in [0.2, 0.25) is 0 Å². The monoisotopic (exact) mass is 436 g/mol. The van der Waals surface area contributed by atoms with Crippen molar-refractivity contribution in [3.8, 4) is 0 Å². The summed E-state index contributed by atoms with van der Waals surface area (Å²) in [6.07, 6.45) is -4.93. The van der Waals surface area contributed by atoms with E-state index in [0.29, 0.717) is 37.8 Å². The Labute approximate surface area is 169 Å². The van der Waals surface area contributed by atoms with Gasteiger partial charge in [-0.05, 0) is 31.5 Å². The van der Waals surface area contributed by atoms with Crippen LogP contribution < -0.4 is 10.0 Å². The van der Waals surface area contributed by atoms with E-state index in [4.69, 9.17) is 4.74 Å². The number of nitrogens with zero attached hydrogens (tertiary/aromatic N) is 2. The number of ether oxygens (including phenoxy) is 1. The molecule has 0 aromatic heterocycles. The van der Waals surface area contributed by atoms with Gasteiger partial charge in [-0.25, -0.2) is 13.1 Å². The Bertz CT molecular complexity index is 800. The fraction of sp³-hybridized carbons (Fsp3) is 0.611. The Morgan fingerprint density at radius 3 is 2.76 bits per heavy atom. The van der Waals surface area contributed by atoms with Gasteiger partial charge in [0.1, 0.15) is 6.10 Å². The minimum atomic E-state index is -4.41. The average molecular weight is 437 g/mol. The summed E-state index contributed by atoms with van der Waals surface area (Å²) in [6, 6.07) is 5.14. The summed E-state index contributed by atoms with van der Waals surface area (Å²) in [5.41, 5.74) is -0.254. The molecule has 29 heavy (non-hydrogen) atoms. The number of halogens is 3. The average Bonchev–Trinajstić information content (AvgIpc) is 2.70. The highest BCUT2D eigenvalue weighted by molar-refractivity contribution is 7.89. The zero-order chi connectivity index (χ0) is 21.5. The molecule has 0 radical (unpaired) electrons. The second kappa shape index (κ2) is 10.3. The van der Waals surface area contributed by atoms with E-state index in [1.54, 1.807) is 13.0 Å². The number of benzene rings is 1. The fourth-order valence-electron chi connectivity index (χ4n) is 2.85. The lowest BCUT2D eigenvalue weighted by Crippen LogP contribution is -2.48. The number of sulfonamides is 1. The maximum Gasteiger partial charge on any atom is 0.416 e. The standard InChI is InChI=1S/C18H27F3N4O3S/c1-3-22-17(23-8-9-24-29(26,27)4-2)25-10-11-28-16(13-25)14-6-5-7-15(12-14)18(19,20)21/h5-7,12,16,24H,3-4,8-11,13H2,1-2H3,(H,22,23). The van der Waals surface area contributed by atoms with Gasteiger partial charge in [0.2, 0.25) is 10.0 Å². The highest BCUT2D eigenvalue weighted by Gasteiger charge is 2.32. The molecule has 0 aliphatic carbocycles. The van der Waals surface area contributed by atoms with E-state index in [-0.39, 0.29) is 18.8 Å². The minimum Gasteiger partial charge on any atom is -0.370 e. The van der Waals surface area contributed by atoms with Crippen LogP contribution in [-0.4, -0.2) is 64.4 Å². The number of aliphatic imine (C=N–C) groups is 1. The van der Waals surface area contributed by atoms with E-state index < -0.39 is 27.9 Å². The van der Waals surface area contributed by atoms with Crippen molar-refractivity contribution >= 4 is 16.0 Å². The van der Waals surface area contributed by atoms with Crippen LogP contribution in [0.15, 0.2) is 29.3 Å². The van der Waals surface area contributed by atoms with Crippen LogP contribution >= 0.6 is 0 Å². The van der Waals surface area contributed by atoms with Crippen LogP contribution in [0.4, 0.5) is 13.2 Å². The molecule has 0 saturated carbocycles. The Morgan fingerprint density at radius 1 is 1.34 bits per heavy atom. The number of hydrogen-bond donors (Lipinski definition) is 2. The van der Waals surface area contributed by atoms with Crippen molar-refractivity contribution < 1.29 is 26.3 Å². The van der Waals surface area contributed by atoms with E-state index >= 15 is 0 Å². The zero-order valence-corrected chi connectivity index (χ0v) is 17.3. The summed E-state index contributed by atoms with van der Waals surface area (Å²) in [5, 5.41) is 3.13. The predicted molar refractivity (Wildman–Crippen MR) is 105 cm³/mol. The normalized spacial score (nSPS) is 18.7. The first kappa shape index (κ1) is 23.4. The first-order chi connectivity index (χ1) is 13.7.